The second-order valence-corrected chi connectivity index (χ2v) is 11.4. The Labute approximate surface area is 213 Å². The molecule has 1 saturated carbocycles. The van der Waals surface area contributed by atoms with E-state index in [1.165, 1.54) is 42.7 Å². The molecule has 1 N–H and O–H groups in total. The van der Waals surface area contributed by atoms with Crippen molar-refractivity contribution >= 4 is 17.8 Å². The molecule has 4 fully saturated rings. The van der Waals surface area contributed by atoms with E-state index >= 15 is 0 Å². The van der Waals surface area contributed by atoms with Crippen molar-refractivity contribution in [2.45, 2.75) is 88.8 Å². The van der Waals surface area contributed by atoms with Crippen molar-refractivity contribution < 1.29 is 18.8 Å². The third-order valence-electron chi connectivity index (χ3n) is 9.19. The first-order valence-corrected chi connectivity index (χ1v) is 13.8. The number of likely N-dealkylation sites (tertiary alicyclic amines) is 2. The van der Waals surface area contributed by atoms with Crippen molar-refractivity contribution in [3.05, 3.63) is 35.6 Å². The molecule has 4 aliphatic rings. The van der Waals surface area contributed by atoms with E-state index in [2.05, 4.69) is 10.2 Å². The zero-order valence-electron chi connectivity index (χ0n) is 21.4. The zero-order valence-corrected chi connectivity index (χ0v) is 21.4. The van der Waals surface area contributed by atoms with Gasteiger partial charge in [0, 0.05) is 13.1 Å². The lowest BCUT2D eigenvalue weighted by Gasteiger charge is -2.50. The van der Waals surface area contributed by atoms with E-state index in [0.717, 1.165) is 38.8 Å². The highest BCUT2D eigenvalue weighted by atomic mass is 19.1. The Hall–Kier alpha value is -2.48. The molecule has 0 radical (unpaired) electrons. The van der Waals surface area contributed by atoms with Gasteiger partial charge in [-0.25, -0.2) is 9.18 Å². The SMILES string of the molecule is CC1(C2CCN(C(=O)C3(N4CCCCC4)CCCCC3)CC2)NC(=O)N(Cc2ccc(F)cc2)C1=O. The summed E-state index contributed by atoms with van der Waals surface area (Å²) in [4.78, 5) is 45.9. The molecule has 1 aliphatic carbocycles. The molecule has 36 heavy (non-hydrogen) atoms. The summed E-state index contributed by atoms with van der Waals surface area (Å²) in [5.41, 5.74) is -0.625. The number of carbonyl (C=O) groups is 3. The highest BCUT2D eigenvalue weighted by molar-refractivity contribution is 6.07. The van der Waals surface area contributed by atoms with Crippen LogP contribution in [-0.4, -0.2) is 69.8 Å². The molecule has 0 bridgehead atoms. The van der Waals surface area contributed by atoms with Crippen molar-refractivity contribution in [1.29, 1.82) is 0 Å². The fourth-order valence-corrected chi connectivity index (χ4v) is 6.99. The lowest BCUT2D eigenvalue weighted by Crippen LogP contribution is -2.63. The number of hydrogen-bond donors (Lipinski definition) is 1. The number of imide groups is 1. The summed E-state index contributed by atoms with van der Waals surface area (Å²) in [6, 6.07) is 5.46. The van der Waals surface area contributed by atoms with Gasteiger partial charge in [0.05, 0.1) is 6.54 Å². The van der Waals surface area contributed by atoms with E-state index < -0.39 is 11.6 Å². The van der Waals surface area contributed by atoms with Gasteiger partial charge in [0.2, 0.25) is 5.91 Å². The molecule has 8 heteroatoms. The molecule has 7 nitrogen and oxygen atoms in total. The summed E-state index contributed by atoms with van der Waals surface area (Å²) in [6.07, 6.45) is 10.3. The normalized spacial score (nSPS) is 27.8. The molecule has 3 heterocycles. The van der Waals surface area contributed by atoms with Crippen molar-refractivity contribution in [1.82, 2.24) is 20.0 Å². The number of benzene rings is 1. The van der Waals surface area contributed by atoms with Crippen LogP contribution in [0, 0.1) is 11.7 Å². The lowest BCUT2D eigenvalue weighted by atomic mass is 9.76. The Morgan fingerprint density at radius 2 is 1.56 bits per heavy atom. The molecular formula is C28H39FN4O3. The van der Waals surface area contributed by atoms with Gasteiger partial charge < -0.3 is 10.2 Å². The van der Waals surface area contributed by atoms with Crippen LogP contribution in [0.3, 0.4) is 0 Å². The van der Waals surface area contributed by atoms with E-state index in [-0.39, 0.29) is 35.6 Å². The quantitative estimate of drug-likeness (QED) is 0.622. The molecule has 0 aromatic heterocycles. The molecule has 0 spiro atoms. The molecule has 5 rings (SSSR count). The molecule has 3 aliphatic heterocycles. The maximum atomic E-state index is 14.0. The summed E-state index contributed by atoms with van der Waals surface area (Å²) in [5.74, 6) is -0.336. The summed E-state index contributed by atoms with van der Waals surface area (Å²) in [5, 5.41) is 2.95. The van der Waals surface area contributed by atoms with Crippen LogP contribution >= 0.6 is 0 Å². The number of nitrogens with one attached hydrogen (secondary N) is 1. The maximum Gasteiger partial charge on any atom is 0.325 e. The van der Waals surface area contributed by atoms with Gasteiger partial charge in [-0.2, -0.15) is 0 Å². The number of halogens is 1. The van der Waals surface area contributed by atoms with E-state index in [1.54, 1.807) is 12.1 Å². The standard InChI is InChI=1S/C28H39FN4O3/c1-27(24(34)33(26(36)30-27)20-21-8-10-23(29)11-9-21)22-12-18-31(19-13-22)25(35)28(14-4-2-5-15-28)32-16-6-3-7-17-32/h8-11,22H,2-7,12-20H2,1H3,(H,30,36). The molecule has 1 aromatic carbocycles. The van der Waals surface area contributed by atoms with Crippen LogP contribution in [0.5, 0.6) is 0 Å². The molecule has 3 saturated heterocycles. The first-order valence-electron chi connectivity index (χ1n) is 13.8. The van der Waals surface area contributed by atoms with Crippen LogP contribution in [0.2, 0.25) is 0 Å². The average Bonchev–Trinajstić information content (AvgIpc) is 3.14. The van der Waals surface area contributed by atoms with Gasteiger partial charge in [0.15, 0.2) is 0 Å². The number of nitrogens with zero attached hydrogens (tertiary/aromatic N) is 3. The van der Waals surface area contributed by atoms with E-state index in [0.29, 0.717) is 31.5 Å². The predicted molar refractivity (Wildman–Crippen MR) is 134 cm³/mol. The first kappa shape index (κ1) is 25.2. The first-order chi connectivity index (χ1) is 17.3. The minimum atomic E-state index is -0.984. The topological polar surface area (TPSA) is 73.0 Å². The fraction of sp³-hybridized carbons (Fsp3) is 0.679. The second-order valence-electron chi connectivity index (χ2n) is 11.4. The van der Waals surface area contributed by atoms with Gasteiger partial charge in [-0.1, -0.05) is 37.8 Å². The van der Waals surface area contributed by atoms with Crippen molar-refractivity contribution in [3.63, 3.8) is 0 Å². The lowest BCUT2D eigenvalue weighted by molar-refractivity contribution is -0.150. The minimum Gasteiger partial charge on any atom is -0.341 e. The molecule has 1 atom stereocenters. The average molecular weight is 499 g/mol. The summed E-state index contributed by atoms with van der Waals surface area (Å²) >= 11 is 0. The van der Waals surface area contributed by atoms with Crippen LogP contribution in [-0.2, 0) is 16.1 Å². The van der Waals surface area contributed by atoms with Crippen LogP contribution in [0.4, 0.5) is 9.18 Å². The summed E-state index contributed by atoms with van der Waals surface area (Å²) in [7, 11) is 0. The van der Waals surface area contributed by atoms with Gasteiger partial charge in [0.25, 0.3) is 5.91 Å². The summed E-state index contributed by atoms with van der Waals surface area (Å²) in [6.45, 7) is 5.22. The van der Waals surface area contributed by atoms with Crippen molar-refractivity contribution in [3.8, 4) is 0 Å². The Morgan fingerprint density at radius 3 is 2.19 bits per heavy atom. The molecule has 1 aromatic rings. The largest absolute Gasteiger partial charge is 0.341 e. The van der Waals surface area contributed by atoms with Crippen LogP contribution < -0.4 is 5.32 Å². The fourth-order valence-electron chi connectivity index (χ4n) is 6.99. The van der Waals surface area contributed by atoms with E-state index in [1.807, 2.05) is 11.8 Å². The number of rotatable bonds is 5. The number of carbonyl (C=O) groups excluding carboxylic acids is 3. The number of amides is 4. The van der Waals surface area contributed by atoms with Crippen LogP contribution in [0.1, 0.15) is 76.7 Å². The smallest absolute Gasteiger partial charge is 0.325 e. The van der Waals surface area contributed by atoms with Gasteiger partial charge in [0.1, 0.15) is 16.9 Å². The molecular weight excluding hydrogens is 459 g/mol. The van der Waals surface area contributed by atoms with Crippen LogP contribution in [0.25, 0.3) is 0 Å². The van der Waals surface area contributed by atoms with Crippen molar-refractivity contribution in [2.24, 2.45) is 5.92 Å². The van der Waals surface area contributed by atoms with Gasteiger partial charge in [-0.05, 0) is 82.2 Å². The predicted octanol–water partition coefficient (Wildman–Crippen LogP) is 4.06. The number of urea groups is 1. The Kier molecular flexibility index (Phi) is 7.07. The van der Waals surface area contributed by atoms with Gasteiger partial charge >= 0.3 is 6.03 Å². The Balaban J connectivity index is 1.24. The van der Waals surface area contributed by atoms with E-state index in [9.17, 15) is 18.8 Å². The Bertz CT molecular complexity index is 979. The second kappa shape index (κ2) is 10.1. The van der Waals surface area contributed by atoms with E-state index in [4.69, 9.17) is 0 Å². The highest BCUT2D eigenvalue weighted by Gasteiger charge is 2.54. The number of piperidine rings is 2. The number of hydrogen-bond acceptors (Lipinski definition) is 4. The van der Waals surface area contributed by atoms with Gasteiger partial charge in [-0.3, -0.25) is 19.4 Å². The molecule has 1 unspecified atom stereocenters. The van der Waals surface area contributed by atoms with Crippen molar-refractivity contribution in [2.75, 3.05) is 26.2 Å². The Morgan fingerprint density at radius 1 is 0.944 bits per heavy atom. The highest BCUT2D eigenvalue weighted by Crippen LogP contribution is 2.39. The van der Waals surface area contributed by atoms with Gasteiger partial charge in [-0.15, -0.1) is 0 Å². The maximum absolute atomic E-state index is 14.0. The third kappa shape index (κ3) is 4.53. The summed E-state index contributed by atoms with van der Waals surface area (Å²) < 4.78 is 13.3. The monoisotopic (exact) mass is 498 g/mol. The molecule has 4 amide bonds. The van der Waals surface area contributed by atoms with Crippen LogP contribution in [0.15, 0.2) is 24.3 Å². The zero-order chi connectivity index (χ0) is 25.3. The third-order valence-corrected chi connectivity index (χ3v) is 9.19. The minimum absolute atomic E-state index is 0.0338. The molecule has 196 valence electrons.